The lowest BCUT2D eigenvalue weighted by atomic mass is 9.89. The summed E-state index contributed by atoms with van der Waals surface area (Å²) in [6.45, 7) is 0. The fourth-order valence-electron chi connectivity index (χ4n) is 3.20. The Bertz CT molecular complexity index is 841. The van der Waals surface area contributed by atoms with Crippen molar-refractivity contribution in [1.82, 2.24) is 15.2 Å². The molecule has 0 radical (unpaired) electrons. The van der Waals surface area contributed by atoms with E-state index in [9.17, 15) is 0 Å². The summed E-state index contributed by atoms with van der Waals surface area (Å²) < 4.78 is 5.86. The second kappa shape index (κ2) is 8.55. The van der Waals surface area contributed by atoms with E-state index in [2.05, 4.69) is 15.6 Å². The van der Waals surface area contributed by atoms with Gasteiger partial charge in [0.25, 0.3) is 5.22 Å². The number of rotatable bonds is 6. The molecular formula is C19H20ClN3OS2. The van der Waals surface area contributed by atoms with Crippen molar-refractivity contribution in [3.63, 3.8) is 0 Å². The zero-order valence-corrected chi connectivity index (χ0v) is 16.7. The van der Waals surface area contributed by atoms with Crippen LogP contribution in [0.2, 0.25) is 5.02 Å². The van der Waals surface area contributed by atoms with Gasteiger partial charge < -0.3 is 4.42 Å². The Balaban J connectivity index is 1.31. The van der Waals surface area contributed by atoms with E-state index in [1.807, 2.05) is 24.3 Å². The van der Waals surface area contributed by atoms with E-state index < -0.39 is 0 Å². The molecule has 2 heterocycles. The average Bonchev–Trinajstić information content (AvgIpc) is 3.32. The van der Waals surface area contributed by atoms with E-state index in [-0.39, 0.29) is 0 Å². The number of thiazole rings is 1. The van der Waals surface area contributed by atoms with Gasteiger partial charge in [-0.05, 0) is 30.5 Å². The van der Waals surface area contributed by atoms with Crippen LogP contribution in [0.1, 0.15) is 60.2 Å². The Morgan fingerprint density at radius 2 is 1.92 bits per heavy atom. The number of hydrogen-bond donors (Lipinski definition) is 0. The van der Waals surface area contributed by atoms with Gasteiger partial charge in [0, 0.05) is 28.5 Å². The number of nitrogens with zero attached hydrogens (tertiary/aromatic N) is 3. The third kappa shape index (κ3) is 4.67. The monoisotopic (exact) mass is 405 g/mol. The normalized spacial score (nSPS) is 15.4. The highest BCUT2D eigenvalue weighted by atomic mass is 35.5. The molecule has 0 aliphatic heterocycles. The van der Waals surface area contributed by atoms with Crippen LogP contribution < -0.4 is 0 Å². The minimum Gasteiger partial charge on any atom is -0.416 e. The topological polar surface area (TPSA) is 51.8 Å². The largest absolute Gasteiger partial charge is 0.416 e. The van der Waals surface area contributed by atoms with Crippen LogP contribution in [-0.4, -0.2) is 15.2 Å². The first-order chi connectivity index (χ1) is 12.8. The quantitative estimate of drug-likeness (QED) is 0.463. The highest BCUT2D eigenvalue weighted by Crippen LogP contribution is 2.33. The molecular weight excluding hydrogens is 386 g/mol. The summed E-state index contributed by atoms with van der Waals surface area (Å²) in [5.41, 5.74) is 2.28. The predicted molar refractivity (Wildman–Crippen MR) is 106 cm³/mol. The molecule has 1 aromatic carbocycles. The molecule has 1 aliphatic carbocycles. The minimum absolute atomic E-state index is 0.454. The maximum Gasteiger partial charge on any atom is 0.276 e. The number of benzene rings is 1. The van der Waals surface area contributed by atoms with Crippen molar-refractivity contribution in [3.8, 4) is 0 Å². The van der Waals surface area contributed by atoms with Gasteiger partial charge >= 0.3 is 0 Å². The summed E-state index contributed by atoms with van der Waals surface area (Å²) in [6.07, 6.45) is 7.04. The van der Waals surface area contributed by atoms with Gasteiger partial charge in [-0.1, -0.05) is 54.8 Å². The first-order valence-electron chi connectivity index (χ1n) is 8.90. The molecule has 7 heteroatoms. The molecule has 0 spiro atoms. The van der Waals surface area contributed by atoms with Gasteiger partial charge in [0.05, 0.1) is 10.7 Å². The molecule has 4 nitrogen and oxygen atoms in total. The summed E-state index contributed by atoms with van der Waals surface area (Å²) in [7, 11) is 0. The molecule has 0 amide bonds. The zero-order valence-electron chi connectivity index (χ0n) is 14.4. The van der Waals surface area contributed by atoms with Crippen molar-refractivity contribution in [2.75, 3.05) is 0 Å². The predicted octanol–water partition coefficient (Wildman–Crippen LogP) is 6.11. The van der Waals surface area contributed by atoms with Crippen LogP contribution in [0.15, 0.2) is 39.3 Å². The summed E-state index contributed by atoms with van der Waals surface area (Å²) in [4.78, 5) is 4.71. The molecule has 4 rings (SSSR count). The van der Waals surface area contributed by atoms with Gasteiger partial charge in [-0.25, -0.2) is 4.98 Å². The summed E-state index contributed by atoms with van der Waals surface area (Å²) >= 11 is 9.19. The van der Waals surface area contributed by atoms with Gasteiger partial charge in [-0.2, -0.15) is 0 Å². The summed E-state index contributed by atoms with van der Waals surface area (Å²) in [5.74, 6) is 2.02. The SMILES string of the molecule is Clc1ccc(Cc2nc(CSc3nnc(C4CCCCC4)o3)cs2)cc1. The maximum atomic E-state index is 5.93. The lowest BCUT2D eigenvalue weighted by Gasteiger charge is -2.17. The van der Waals surface area contributed by atoms with Crippen LogP contribution in [0.4, 0.5) is 0 Å². The highest BCUT2D eigenvalue weighted by molar-refractivity contribution is 7.98. The van der Waals surface area contributed by atoms with Crippen LogP contribution in [0.25, 0.3) is 0 Å². The Kier molecular flexibility index (Phi) is 5.92. The van der Waals surface area contributed by atoms with Gasteiger partial charge in [0.15, 0.2) is 0 Å². The molecule has 1 aliphatic rings. The van der Waals surface area contributed by atoms with E-state index in [1.54, 1.807) is 23.1 Å². The van der Waals surface area contributed by atoms with E-state index in [0.29, 0.717) is 11.1 Å². The van der Waals surface area contributed by atoms with E-state index in [1.165, 1.54) is 37.7 Å². The molecule has 0 saturated heterocycles. The Hall–Kier alpha value is -1.37. The second-order valence-electron chi connectivity index (χ2n) is 6.57. The highest BCUT2D eigenvalue weighted by Gasteiger charge is 2.21. The van der Waals surface area contributed by atoms with Gasteiger partial charge in [0.1, 0.15) is 0 Å². The molecule has 0 bridgehead atoms. The van der Waals surface area contributed by atoms with Crippen molar-refractivity contribution in [2.45, 2.75) is 55.4 Å². The fourth-order valence-corrected chi connectivity index (χ4v) is 4.92. The van der Waals surface area contributed by atoms with Crippen LogP contribution >= 0.6 is 34.7 Å². The molecule has 136 valence electrons. The molecule has 2 aromatic heterocycles. The van der Waals surface area contributed by atoms with Crippen molar-refractivity contribution in [2.24, 2.45) is 0 Å². The standard InChI is InChI=1S/C19H20ClN3OS2/c20-15-8-6-13(7-9-15)10-17-21-16(11-25-17)12-26-19-23-22-18(24-19)14-4-2-1-3-5-14/h6-9,11,14H,1-5,10,12H2. The van der Waals surface area contributed by atoms with E-state index >= 15 is 0 Å². The lowest BCUT2D eigenvalue weighted by Crippen LogP contribution is -2.04. The van der Waals surface area contributed by atoms with E-state index in [4.69, 9.17) is 21.0 Å². The summed E-state index contributed by atoms with van der Waals surface area (Å²) in [5, 5.41) is 13.1. The Labute approximate surface area is 166 Å². The lowest BCUT2D eigenvalue weighted by molar-refractivity contribution is 0.334. The van der Waals surface area contributed by atoms with Crippen LogP contribution in [0, 0.1) is 0 Å². The van der Waals surface area contributed by atoms with Crippen LogP contribution in [0.5, 0.6) is 0 Å². The molecule has 1 saturated carbocycles. The van der Waals surface area contributed by atoms with Gasteiger partial charge in [-0.3, -0.25) is 0 Å². The molecule has 1 fully saturated rings. The van der Waals surface area contributed by atoms with Gasteiger partial charge in [-0.15, -0.1) is 21.5 Å². The number of hydrogen-bond acceptors (Lipinski definition) is 6. The number of aromatic nitrogens is 3. The number of halogens is 1. The van der Waals surface area contributed by atoms with Crippen molar-refractivity contribution < 1.29 is 4.42 Å². The molecule has 3 aromatic rings. The Morgan fingerprint density at radius 1 is 1.12 bits per heavy atom. The Morgan fingerprint density at radius 3 is 2.73 bits per heavy atom. The smallest absolute Gasteiger partial charge is 0.276 e. The average molecular weight is 406 g/mol. The first-order valence-corrected chi connectivity index (χ1v) is 11.1. The summed E-state index contributed by atoms with van der Waals surface area (Å²) in [6, 6.07) is 7.92. The molecule has 0 unspecified atom stereocenters. The van der Waals surface area contributed by atoms with Crippen molar-refractivity contribution in [1.29, 1.82) is 0 Å². The molecule has 26 heavy (non-hydrogen) atoms. The van der Waals surface area contributed by atoms with Crippen molar-refractivity contribution in [3.05, 3.63) is 56.8 Å². The van der Waals surface area contributed by atoms with Crippen LogP contribution in [0.3, 0.4) is 0 Å². The third-order valence-electron chi connectivity index (χ3n) is 4.59. The molecule has 0 N–H and O–H groups in total. The third-order valence-corrected chi connectivity index (χ3v) is 6.59. The minimum atomic E-state index is 0.454. The van der Waals surface area contributed by atoms with E-state index in [0.717, 1.165) is 33.8 Å². The second-order valence-corrected chi connectivity index (χ2v) is 8.87. The first kappa shape index (κ1) is 18.0. The number of thioether (sulfide) groups is 1. The maximum absolute atomic E-state index is 5.93. The fraction of sp³-hybridized carbons (Fsp3) is 0.421. The zero-order chi connectivity index (χ0) is 17.8. The van der Waals surface area contributed by atoms with Gasteiger partial charge in [0.2, 0.25) is 5.89 Å². The van der Waals surface area contributed by atoms with Crippen molar-refractivity contribution >= 4 is 34.7 Å². The molecule has 0 atom stereocenters. The van der Waals surface area contributed by atoms with Crippen LogP contribution in [-0.2, 0) is 12.2 Å².